The van der Waals surface area contributed by atoms with E-state index in [1.54, 1.807) is 12.5 Å². The monoisotopic (exact) mass is 317 g/mol. The van der Waals surface area contributed by atoms with Crippen LogP contribution >= 0.6 is 0 Å². The van der Waals surface area contributed by atoms with Gasteiger partial charge in [0.15, 0.2) is 11.2 Å². The number of fused-ring (bicyclic) bond motifs is 1. The van der Waals surface area contributed by atoms with Gasteiger partial charge in [0.25, 0.3) is 0 Å². The summed E-state index contributed by atoms with van der Waals surface area (Å²) in [6, 6.07) is 13.9. The Bertz CT molecular complexity index is 981. The molecule has 6 heteroatoms. The predicted octanol–water partition coefficient (Wildman–Crippen LogP) is 3.10. The molecule has 0 bridgehead atoms. The molecule has 0 aliphatic heterocycles. The molecule has 0 atom stereocenters. The smallest absolute Gasteiger partial charge is 0.245 e. The SMILES string of the molecule is Cc1ccnc(-n2cnc3c(OCc4ccccc4)ncnc32)c1. The van der Waals surface area contributed by atoms with E-state index in [0.29, 0.717) is 23.7 Å². The number of ether oxygens (including phenoxy) is 1. The molecule has 118 valence electrons. The average molecular weight is 317 g/mol. The summed E-state index contributed by atoms with van der Waals surface area (Å²) in [5.41, 5.74) is 3.49. The van der Waals surface area contributed by atoms with Crippen LogP contribution in [0.3, 0.4) is 0 Å². The summed E-state index contributed by atoms with van der Waals surface area (Å²) in [6.07, 6.45) is 4.94. The highest BCUT2D eigenvalue weighted by molar-refractivity contribution is 5.77. The minimum atomic E-state index is 0.433. The van der Waals surface area contributed by atoms with Gasteiger partial charge in [0.05, 0.1) is 0 Å². The van der Waals surface area contributed by atoms with E-state index in [9.17, 15) is 0 Å². The third kappa shape index (κ3) is 2.69. The van der Waals surface area contributed by atoms with Crippen LogP contribution in [-0.2, 0) is 6.61 Å². The van der Waals surface area contributed by atoms with Gasteiger partial charge in [-0.15, -0.1) is 0 Å². The lowest BCUT2D eigenvalue weighted by molar-refractivity contribution is 0.297. The number of pyridine rings is 1. The zero-order valence-electron chi connectivity index (χ0n) is 13.1. The lowest BCUT2D eigenvalue weighted by Crippen LogP contribution is -2.00. The minimum absolute atomic E-state index is 0.433. The van der Waals surface area contributed by atoms with Gasteiger partial charge in [0.1, 0.15) is 25.1 Å². The van der Waals surface area contributed by atoms with Gasteiger partial charge in [-0.25, -0.2) is 15.0 Å². The van der Waals surface area contributed by atoms with Crippen molar-refractivity contribution < 1.29 is 4.74 Å². The molecule has 0 unspecified atom stereocenters. The van der Waals surface area contributed by atoms with Gasteiger partial charge in [-0.05, 0) is 30.2 Å². The van der Waals surface area contributed by atoms with Crippen molar-refractivity contribution in [2.75, 3.05) is 0 Å². The van der Waals surface area contributed by atoms with Crippen molar-refractivity contribution in [1.29, 1.82) is 0 Å². The second-order valence-corrected chi connectivity index (χ2v) is 5.43. The summed E-state index contributed by atoms with van der Waals surface area (Å²) < 4.78 is 7.66. The van der Waals surface area contributed by atoms with E-state index in [-0.39, 0.29) is 0 Å². The van der Waals surface area contributed by atoms with Crippen molar-refractivity contribution in [3.63, 3.8) is 0 Å². The van der Waals surface area contributed by atoms with Gasteiger partial charge in [-0.3, -0.25) is 4.57 Å². The Labute approximate surface area is 138 Å². The number of rotatable bonds is 4. The van der Waals surface area contributed by atoms with Gasteiger partial charge in [0, 0.05) is 6.20 Å². The maximum atomic E-state index is 5.83. The Kier molecular flexibility index (Phi) is 3.63. The third-order valence-corrected chi connectivity index (χ3v) is 3.67. The molecule has 0 aliphatic carbocycles. The summed E-state index contributed by atoms with van der Waals surface area (Å²) in [5.74, 6) is 1.24. The zero-order chi connectivity index (χ0) is 16.4. The van der Waals surface area contributed by atoms with Crippen molar-refractivity contribution in [1.82, 2.24) is 24.5 Å². The molecule has 0 aliphatic rings. The van der Waals surface area contributed by atoms with Crippen LogP contribution in [0.5, 0.6) is 5.88 Å². The fourth-order valence-corrected chi connectivity index (χ4v) is 2.46. The maximum absolute atomic E-state index is 5.83. The van der Waals surface area contributed by atoms with Crippen molar-refractivity contribution in [2.24, 2.45) is 0 Å². The Morgan fingerprint density at radius 2 is 1.88 bits per heavy atom. The van der Waals surface area contributed by atoms with Crippen LogP contribution in [0, 0.1) is 6.92 Å². The van der Waals surface area contributed by atoms with Crippen LogP contribution < -0.4 is 4.74 Å². The van der Waals surface area contributed by atoms with E-state index in [1.165, 1.54) is 6.33 Å². The summed E-state index contributed by atoms with van der Waals surface area (Å²) >= 11 is 0. The molecule has 0 amide bonds. The molecular formula is C18H15N5O. The molecular weight excluding hydrogens is 302 g/mol. The molecule has 24 heavy (non-hydrogen) atoms. The summed E-state index contributed by atoms with van der Waals surface area (Å²) in [4.78, 5) is 17.3. The van der Waals surface area contributed by atoms with Crippen LogP contribution in [0.15, 0.2) is 61.3 Å². The molecule has 0 N–H and O–H groups in total. The first kappa shape index (κ1) is 14.3. The van der Waals surface area contributed by atoms with Crippen molar-refractivity contribution >= 4 is 11.2 Å². The fraction of sp³-hybridized carbons (Fsp3) is 0.111. The zero-order valence-corrected chi connectivity index (χ0v) is 13.1. The second kappa shape index (κ2) is 6.08. The van der Waals surface area contributed by atoms with Crippen molar-refractivity contribution in [3.8, 4) is 11.7 Å². The number of hydrogen-bond donors (Lipinski definition) is 0. The number of aryl methyl sites for hydroxylation is 1. The van der Waals surface area contributed by atoms with E-state index < -0.39 is 0 Å². The predicted molar refractivity (Wildman–Crippen MR) is 90.0 cm³/mol. The quantitative estimate of drug-likeness (QED) is 0.578. The number of benzene rings is 1. The third-order valence-electron chi connectivity index (χ3n) is 3.67. The minimum Gasteiger partial charge on any atom is -0.471 e. The van der Waals surface area contributed by atoms with E-state index in [2.05, 4.69) is 19.9 Å². The Morgan fingerprint density at radius 3 is 2.71 bits per heavy atom. The summed E-state index contributed by atoms with van der Waals surface area (Å²) in [6.45, 7) is 2.45. The summed E-state index contributed by atoms with van der Waals surface area (Å²) in [7, 11) is 0. The highest BCUT2D eigenvalue weighted by Crippen LogP contribution is 2.22. The first-order valence-electron chi connectivity index (χ1n) is 7.59. The molecule has 0 radical (unpaired) electrons. The first-order valence-corrected chi connectivity index (χ1v) is 7.59. The van der Waals surface area contributed by atoms with Crippen molar-refractivity contribution in [2.45, 2.75) is 13.5 Å². The topological polar surface area (TPSA) is 65.7 Å². The Morgan fingerprint density at radius 1 is 1.00 bits per heavy atom. The summed E-state index contributed by atoms with van der Waals surface area (Å²) in [5, 5.41) is 0. The van der Waals surface area contributed by atoms with E-state index in [4.69, 9.17) is 4.74 Å². The normalized spacial score (nSPS) is 10.9. The van der Waals surface area contributed by atoms with Gasteiger partial charge < -0.3 is 4.74 Å². The van der Waals surface area contributed by atoms with Gasteiger partial charge in [-0.1, -0.05) is 30.3 Å². The molecule has 6 nitrogen and oxygen atoms in total. The van der Waals surface area contributed by atoms with Gasteiger partial charge >= 0.3 is 0 Å². The van der Waals surface area contributed by atoms with E-state index >= 15 is 0 Å². The van der Waals surface area contributed by atoms with Crippen LogP contribution in [-0.4, -0.2) is 24.5 Å². The standard InChI is InChI=1S/C18H15N5O/c1-13-7-8-19-15(9-13)23-12-22-16-17(23)20-11-21-18(16)24-10-14-5-3-2-4-6-14/h2-9,11-12H,10H2,1H3. The molecule has 0 fully saturated rings. The number of aromatic nitrogens is 5. The molecule has 0 saturated heterocycles. The molecule has 0 saturated carbocycles. The highest BCUT2D eigenvalue weighted by atomic mass is 16.5. The lowest BCUT2D eigenvalue weighted by atomic mass is 10.2. The van der Waals surface area contributed by atoms with E-state index in [0.717, 1.165) is 16.9 Å². The van der Waals surface area contributed by atoms with Crippen molar-refractivity contribution in [3.05, 3.63) is 72.4 Å². The van der Waals surface area contributed by atoms with E-state index in [1.807, 2.05) is 54.0 Å². The molecule has 3 aromatic heterocycles. The largest absolute Gasteiger partial charge is 0.471 e. The first-order chi connectivity index (χ1) is 11.8. The van der Waals surface area contributed by atoms with Crippen LogP contribution in [0.1, 0.15) is 11.1 Å². The molecule has 4 rings (SSSR count). The molecule has 3 heterocycles. The van der Waals surface area contributed by atoms with Crippen LogP contribution in [0.25, 0.3) is 17.0 Å². The van der Waals surface area contributed by atoms with Crippen LogP contribution in [0.2, 0.25) is 0 Å². The number of nitrogens with zero attached hydrogens (tertiary/aromatic N) is 5. The fourth-order valence-electron chi connectivity index (χ4n) is 2.46. The lowest BCUT2D eigenvalue weighted by Gasteiger charge is -2.06. The van der Waals surface area contributed by atoms with Gasteiger partial charge in [-0.2, -0.15) is 4.98 Å². The Balaban J connectivity index is 1.69. The molecule has 1 aromatic carbocycles. The van der Waals surface area contributed by atoms with Gasteiger partial charge in [0.2, 0.25) is 5.88 Å². The maximum Gasteiger partial charge on any atom is 0.245 e. The number of hydrogen-bond acceptors (Lipinski definition) is 5. The Hall–Kier alpha value is -3.28. The molecule has 4 aromatic rings. The second-order valence-electron chi connectivity index (χ2n) is 5.43. The molecule has 0 spiro atoms. The average Bonchev–Trinajstić information content (AvgIpc) is 3.05. The highest BCUT2D eigenvalue weighted by Gasteiger charge is 2.13. The van der Waals surface area contributed by atoms with Crippen LogP contribution in [0.4, 0.5) is 0 Å². The number of imidazole rings is 1.